The van der Waals surface area contributed by atoms with Gasteiger partial charge in [0, 0.05) is 44.4 Å². The van der Waals surface area contributed by atoms with Crippen LogP contribution in [0.25, 0.3) is 0 Å². The van der Waals surface area contributed by atoms with Crippen molar-refractivity contribution in [2.45, 2.75) is 57.0 Å². The topological polar surface area (TPSA) is 83.7 Å². The van der Waals surface area contributed by atoms with Gasteiger partial charge in [-0.3, -0.25) is 4.84 Å². The number of hydroxylamine groups is 1. The monoisotopic (exact) mass is 400 g/mol. The number of ether oxygens (including phenoxy) is 1. The number of fused-ring (bicyclic) bond motifs is 1. The Morgan fingerprint density at radius 3 is 2.61 bits per heavy atom. The van der Waals surface area contributed by atoms with E-state index in [0.29, 0.717) is 30.7 Å². The Morgan fingerprint density at radius 2 is 1.89 bits per heavy atom. The van der Waals surface area contributed by atoms with Crippen LogP contribution < -0.4 is 21.4 Å². The normalized spacial score (nSPS) is 42.0. The average molecular weight is 401 g/mol. The highest BCUT2D eigenvalue weighted by atomic mass is 19.1. The lowest BCUT2D eigenvalue weighted by Crippen LogP contribution is -2.54. The van der Waals surface area contributed by atoms with E-state index < -0.39 is 12.3 Å². The van der Waals surface area contributed by atoms with Crippen molar-refractivity contribution < 1.29 is 18.8 Å². The van der Waals surface area contributed by atoms with Crippen LogP contribution >= 0.6 is 0 Å². The van der Waals surface area contributed by atoms with Gasteiger partial charge >= 0.3 is 0 Å². The Bertz CT molecular complexity index is 480. The minimum Gasteiger partial charge on any atom is -0.380 e. The third-order valence-corrected chi connectivity index (χ3v) is 6.82. The van der Waals surface area contributed by atoms with Crippen LogP contribution in [0, 0.1) is 23.7 Å². The molecule has 0 amide bonds. The van der Waals surface area contributed by atoms with E-state index in [1.165, 1.54) is 6.42 Å². The van der Waals surface area contributed by atoms with Crippen LogP contribution in [0.4, 0.5) is 4.39 Å². The van der Waals surface area contributed by atoms with Crippen LogP contribution in [0.15, 0.2) is 0 Å². The van der Waals surface area contributed by atoms with E-state index in [1.54, 1.807) is 0 Å². The van der Waals surface area contributed by atoms with Crippen molar-refractivity contribution in [3.63, 3.8) is 0 Å². The maximum absolute atomic E-state index is 13.6. The Kier molecular flexibility index (Phi) is 8.62. The SMILES string of the molecule is CC1CCC(F)C2CC(C=O)ONC12.CNC1COCC(C2CNCNC2)C1. The quantitative estimate of drug-likeness (QED) is 0.517. The first-order chi connectivity index (χ1) is 13.6. The lowest BCUT2D eigenvalue weighted by atomic mass is 9.74. The number of nitrogens with one attached hydrogen (secondary N) is 4. The van der Waals surface area contributed by atoms with Crippen LogP contribution in [-0.4, -0.2) is 70.7 Å². The molecule has 0 bridgehead atoms. The van der Waals surface area contributed by atoms with Gasteiger partial charge in [-0.2, -0.15) is 5.48 Å². The van der Waals surface area contributed by atoms with E-state index in [1.807, 2.05) is 7.05 Å². The van der Waals surface area contributed by atoms with Crippen molar-refractivity contribution in [2.24, 2.45) is 23.7 Å². The molecule has 7 unspecified atom stereocenters. The Morgan fingerprint density at radius 1 is 1.11 bits per heavy atom. The molecule has 0 spiro atoms. The van der Waals surface area contributed by atoms with E-state index in [-0.39, 0.29) is 12.0 Å². The van der Waals surface area contributed by atoms with Crippen LogP contribution in [0.1, 0.15) is 32.6 Å². The molecular weight excluding hydrogens is 363 g/mol. The number of likely N-dealkylation sites (N-methyl/N-ethyl adjacent to an activating group) is 1. The van der Waals surface area contributed by atoms with Crippen LogP contribution in [0.3, 0.4) is 0 Å². The molecule has 1 aliphatic carbocycles. The average Bonchev–Trinajstić information content (AvgIpc) is 2.77. The molecule has 8 heteroatoms. The Hall–Kier alpha value is -0.640. The molecule has 0 radical (unpaired) electrons. The van der Waals surface area contributed by atoms with Gasteiger partial charge in [-0.05, 0) is 50.5 Å². The highest BCUT2D eigenvalue weighted by molar-refractivity contribution is 5.56. The van der Waals surface area contributed by atoms with Crippen molar-refractivity contribution in [2.75, 3.05) is 40.0 Å². The predicted molar refractivity (Wildman–Crippen MR) is 105 cm³/mol. The molecule has 4 fully saturated rings. The van der Waals surface area contributed by atoms with E-state index in [2.05, 4.69) is 28.4 Å². The zero-order chi connectivity index (χ0) is 19.9. The first-order valence-corrected chi connectivity index (χ1v) is 10.8. The van der Waals surface area contributed by atoms with Crippen LogP contribution in [0.5, 0.6) is 0 Å². The summed E-state index contributed by atoms with van der Waals surface area (Å²) in [6, 6.07) is 0.630. The third kappa shape index (κ3) is 5.70. The maximum Gasteiger partial charge on any atom is 0.150 e. The summed E-state index contributed by atoms with van der Waals surface area (Å²) in [6.45, 7) is 7.14. The molecule has 3 heterocycles. The molecule has 1 saturated carbocycles. The lowest BCUT2D eigenvalue weighted by molar-refractivity contribution is -0.151. The zero-order valence-corrected chi connectivity index (χ0v) is 17.2. The summed E-state index contributed by atoms with van der Waals surface area (Å²) in [7, 11) is 2.02. The van der Waals surface area contributed by atoms with Gasteiger partial charge in [0.25, 0.3) is 0 Å². The van der Waals surface area contributed by atoms with Crippen molar-refractivity contribution in [1.29, 1.82) is 0 Å². The van der Waals surface area contributed by atoms with Gasteiger partial charge in [-0.1, -0.05) is 6.92 Å². The molecule has 3 saturated heterocycles. The number of rotatable bonds is 3. The molecule has 4 aliphatic rings. The molecule has 3 aliphatic heterocycles. The molecule has 4 N–H and O–H groups in total. The van der Waals surface area contributed by atoms with Gasteiger partial charge in [0.2, 0.25) is 0 Å². The molecule has 7 nitrogen and oxygen atoms in total. The van der Waals surface area contributed by atoms with Crippen molar-refractivity contribution >= 4 is 6.29 Å². The maximum atomic E-state index is 13.6. The summed E-state index contributed by atoms with van der Waals surface area (Å²) in [4.78, 5) is 15.7. The van der Waals surface area contributed by atoms with Gasteiger partial charge in [0.1, 0.15) is 12.3 Å². The second kappa shape index (κ2) is 10.9. The molecule has 7 atom stereocenters. The van der Waals surface area contributed by atoms with Crippen LogP contribution in [-0.2, 0) is 14.4 Å². The van der Waals surface area contributed by atoms with Crippen LogP contribution in [0.2, 0.25) is 0 Å². The number of carbonyl (C=O) groups excluding carboxylic acids is 1. The van der Waals surface area contributed by atoms with E-state index in [4.69, 9.17) is 9.57 Å². The smallest absolute Gasteiger partial charge is 0.150 e. The predicted octanol–water partition coefficient (Wildman–Crippen LogP) is 0.609. The van der Waals surface area contributed by atoms with E-state index in [9.17, 15) is 9.18 Å². The third-order valence-electron chi connectivity index (χ3n) is 6.82. The largest absolute Gasteiger partial charge is 0.380 e. The minimum atomic E-state index is -0.782. The molecular formula is C20H37FN4O3. The van der Waals surface area contributed by atoms with Crippen molar-refractivity contribution in [3.05, 3.63) is 0 Å². The highest BCUT2D eigenvalue weighted by Crippen LogP contribution is 2.36. The second-order valence-corrected chi connectivity index (χ2v) is 8.77. The molecule has 0 aromatic rings. The minimum absolute atomic E-state index is 0.0531. The first-order valence-electron chi connectivity index (χ1n) is 10.8. The molecule has 0 aromatic heterocycles. The summed E-state index contributed by atoms with van der Waals surface area (Å²) >= 11 is 0. The summed E-state index contributed by atoms with van der Waals surface area (Å²) in [5.41, 5.74) is 2.83. The molecule has 4 rings (SSSR count). The number of carbonyl (C=O) groups is 1. The fraction of sp³-hybridized carbons (Fsp3) is 0.950. The Labute approximate surface area is 167 Å². The zero-order valence-electron chi connectivity index (χ0n) is 17.2. The number of halogens is 1. The fourth-order valence-corrected chi connectivity index (χ4v) is 4.93. The first kappa shape index (κ1) is 22.1. The second-order valence-electron chi connectivity index (χ2n) is 8.77. The molecule has 28 heavy (non-hydrogen) atoms. The van der Waals surface area contributed by atoms with Gasteiger partial charge in [-0.15, -0.1) is 0 Å². The number of alkyl halides is 1. The van der Waals surface area contributed by atoms with Crippen molar-refractivity contribution in [1.82, 2.24) is 21.4 Å². The Balaban J connectivity index is 0.000000161. The summed E-state index contributed by atoms with van der Waals surface area (Å²) in [5.74, 6) is 1.82. The van der Waals surface area contributed by atoms with Gasteiger partial charge in [0.15, 0.2) is 6.29 Å². The summed E-state index contributed by atoms with van der Waals surface area (Å²) in [5, 5.41) is 10.1. The lowest BCUT2D eigenvalue weighted by Gasteiger charge is -2.43. The van der Waals surface area contributed by atoms with E-state index in [0.717, 1.165) is 51.6 Å². The number of aldehydes is 1. The van der Waals surface area contributed by atoms with Gasteiger partial charge in [0.05, 0.1) is 6.61 Å². The van der Waals surface area contributed by atoms with Gasteiger partial charge in [-0.25, -0.2) is 4.39 Å². The summed E-state index contributed by atoms with van der Waals surface area (Å²) in [6.07, 6.45) is 2.78. The molecule has 0 aromatic carbocycles. The molecule has 162 valence electrons. The fourth-order valence-electron chi connectivity index (χ4n) is 4.93. The number of hydrogen-bond acceptors (Lipinski definition) is 7. The standard InChI is InChI=1S/C10H16FNO2.C10H21N3O/c1-6-2-3-9(11)8-4-7(5-13)14-12-10(6)8;1-11-10-2-8(5-14-6-10)9-3-12-7-13-4-9/h5-10,12H,2-4H2,1H3;8-13H,2-7H2,1H3. The summed E-state index contributed by atoms with van der Waals surface area (Å²) < 4.78 is 19.2. The van der Waals surface area contributed by atoms with Crippen molar-refractivity contribution in [3.8, 4) is 0 Å². The highest BCUT2D eigenvalue weighted by Gasteiger charge is 2.42. The number of hydrogen-bond donors (Lipinski definition) is 4. The van der Waals surface area contributed by atoms with E-state index >= 15 is 0 Å². The van der Waals surface area contributed by atoms with Gasteiger partial charge < -0.3 is 25.5 Å².